The molecule has 0 fully saturated rings. The highest BCUT2D eigenvalue weighted by Crippen LogP contribution is 2.25. The van der Waals surface area contributed by atoms with Gasteiger partial charge in [-0.2, -0.15) is 0 Å². The fourth-order valence-electron chi connectivity index (χ4n) is 1.55. The monoisotopic (exact) mass is 248 g/mol. The van der Waals surface area contributed by atoms with Crippen LogP contribution in [0.5, 0.6) is 0 Å². The van der Waals surface area contributed by atoms with Crippen LogP contribution in [0.3, 0.4) is 0 Å². The van der Waals surface area contributed by atoms with Crippen LogP contribution >= 0.6 is 0 Å². The largest absolute Gasteiger partial charge is 0.462 e. The first-order valence-corrected chi connectivity index (χ1v) is 6.24. The van der Waals surface area contributed by atoms with Crippen molar-refractivity contribution in [1.29, 1.82) is 0 Å². The van der Waals surface area contributed by atoms with E-state index in [4.69, 9.17) is 4.74 Å². The van der Waals surface area contributed by atoms with E-state index < -0.39 is 5.41 Å². The number of rotatable bonds is 5. The van der Waals surface area contributed by atoms with Gasteiger partial charge in [-0.25, -0.2) is 4.79 Å². The van der Waals surface area contributed by atoms with Gasteiger partial charge in [0.15, 0.2) is 5.78 Å². The molecule has 0 N–H and O–H groups in total. The molecule has 0 spiro atoms. The highest BCUT2D eigenvalue weighted by molar-refractivity contribution is 6.02. The molecule has 0 heterocycles. The normalized spacial score (nSPS) is 11.1. The molecular formula is C15H20O3. The second-order valence-corrected chi connectivity index (χ2v) is 4.87. The molecular weight excluding hydrogens is 228 g/mol. The minimum atomic E-state index is -0.409. The van der Waals surface area contributed by atoms with E-state index in [1.54, 1.807) is 31.2 Å². The topological polar surface area (TPSA) is 43.4 Å². The molecule has 0 unspecified atom stereocenters. The predicted molar refractivity (Wildman–Crippen MR) is 70.8 cm³/mol. The first-order valence-electron chi connectivity index (χ1n) is 6.24. The van der Waals surface area contributed by atoms with Crippen molar-refractivity contribution in [2.24, 2.45) is 5.41 Å². The highest BCUT2D eigenvalue weighted by Gasteiger charge is 2.26. The van der Waals surface area contributed by atoms with Crippen LogP contribution in [-0.2, 0) is 4.74 Å². The summed E-state index contributed by atoms with van der Waals surface area (Å²) >= 11 is 0. The molecule has 1 aromatic rings. The van der Waals surface area contributed by atoms with E-state index in [2.05, 4.69) is 0 Å². The van der Waals surface area contributed by atoms with Crippen molar-refractivity contribution >= 4 is 11.8 Å². The number of hydrogen-bond donors (Lipinski definition) is 0. The Bertz CT molecular complexity index is 447. The zero-order chi connectivity index (χ0) is 13.8. The lowest BCUT2D eigenvalue weighted by Crippen LogP contribution is -2.23. The maximum absolute atomic E-state index is 12.3. The summed E-state index contributed by atoms with van der Waals surface area (Å²) in [5, 5.41) is 0. The van der Waals surface area contributed by atoms with Crippen LogP contribution in [0.1, 0.15) is 54.8 Å². The van der Waals surface area contributed by atoms with Crippen molar-refractivity contribution < 1.29 is 14.3 Å². The molecule has 0 bridgehead atoms. The highest BCUT2D eigenvalue weighted by atomic mass is 16.5. The lowest BCUT2D eigenvalue weighted by Gasteiger charge is -2.21. The van der Waals surface area contributed by atoms with Gasteiger partial charge in [-0.15, -0.1) is 0 Å². The molecule has 0 radical (unpaired) electrons. The third-order valence-electron chi connectivity index (χ3n) is 3.13. The van der Waals surface area contributed by atoms with Crippen LogP contribution < -0.4 is 0 Å². The van der Waals surface area contributed by atoms with Crippen LogP contribution in [0.25, 0.3) is 0 Å². The van der Waals surface area contributed by atoms with Crippen LogP contribution in [0, 0.1) is 5.41 Å². The first kappa shape index (κ1) is 14.4. The van der Waals surface area contributed by atoms with Crippen LogP contribution in [0.15, 0.2) is 24.3 Å². The van der Waals surface area contributed by atoms with Gasteiger partial charge in [-0.1, -0.05) is 32.9 Å². The van der Waals surface area contributed by atoms with Gasteiger partial charge in [0.2, 0.25) is 0 Å². The molecule has 0 atom stereocenters. The van der Waals surface area contributed by atoms with E-state index in [-0.39, 0.29) is 11.8 Å². The first-order chi connectivity index (χ1) is 8.42. The minimum Gasteiger partial charge on any atom is -0.462 e. The average Bonchev–Trinajstić information content (AvgIpc) is 2.38. The Hall–Kier alpha value is -1.64. The lowest BCUT2D eigenvalue weighted by atomic mass is 9.82. The SMILES string of the molecule is CCOC(=O)c1cccc(C(=O)C(C)(C)CC)c1. The third-order valence-corrected chi connectivity index (χ3v) is 3.13. The van der Waals surface area contributed by atoms with Gasteiger partial charge in [0.1, 0.15) is 0 Å². The summed E-state index contributed by atoms with van der Waals surface area (Å²) in [5.74, 6) is -0.336. The fraction of sp³-hybridized carbons (Fsp3) is 0.467. The Balaban J connectivity index is 3.02. The number of esters is 1. The van der Waals surface area contributed by atoms with Crippen molar-refractivity contribution in [3.63, 3.8) is 0 Å². The molecule has 98 valence electrons. The molecule has 18 heavy (non-hydrogen) atoms. The van der Waals surface area contributed by atoms with Crippen molar-refractivity contribution in [3.05, 3.63) is 35.4 Å². The van der Waals surface area contributed by atoms with Crippen molar-refractivity contribution in [1.82, 2.24) is 0 Å². The van der Waals surface area contributed by atoms with Crippen molar-refractivity contribution in [3.8, 4) is 0 Å². The maximum atomic E-state index is 12.3. The van der Waals surface area contributed by atoms with Crippen LogP contribution in [0.2, 0.25) is 0 Å². The minimum absolute atomic E-state index is 0.0520. The summed E-state index contributed by atoms with van der Waals surface area (Å²) in [5.41, 5.74) is 0.579. The Morgan fingerprint density at radius 3 is 2.33 bits per heavy atom. The van der Waals surface area contributed by atoms with Gasteiger partial charge in [-0.3, -0.25) is 4.79 Å². The van der Waals surface area contributed by atoms with Gasteiger partial charge in [0, 0.05) is 11.0 Å². The standard InChI is InChI=1S/C15H20O3/c1-5-15(3,4)13(16)11-8-7-9-12(10-11)14(17)18-6-2/h7-10H,5-6H2,1-4H3. The van der Waals surface area contributed by atoms with Gasteiger partial charge in [0.05, 0.1) is 12.2 Å². The van der Waals surface area contributed by atoms with Gasteiger partial charge < -0.3 is 4.74 Å². The van der Waals surface area contributed by atoms with E-state index in [1.807, 2.05) is 20.8 Å². The maximum Gasteiger partial charge on any atom is 0.338 e. The Morgan fingerprint density at radius 1 is 1.17 bits per heavy atom. The number of carbonyl (C=O) groups excluding carboxylic acids is 2. The summed E-state index contributed by atoms with van der Waals surface area (Å²) < 4.78 is 4.92. The number of carbonyl (C=O) groups is 2. The molecule has 0 saturated heterocycles. The van der Waals surface area contributed by atoms with Gasteiger partial charge >= 0.3 is 5.97 Å². The average molecular weight is 248 g/mol. The zero-order valence-corrected chi connectivity index (χ0v) is 11.4. The van der Waals surface area contributed by atoms with E-state index >= 15 is 0 Å². The molecule has 0 aromatic heterocycles. The van der Waals surface area contributed by atoms with E-state index in [0.717, 1.165) is 6.42 Å². The fourth-order valence-corrected chi connectivity index (χ4v) is 1.55. The van der Waals surface area contributed by atoms with Crippen LogP contribution in [-0.4, -0.2) is 18.4 Å². The second kappa shape index (κ2) is 5.80. The Kier molecular flexibility index (Phi) is 4.65. The summed E-state index contributed by atoms with van der Waals surface area (Å²) in [6.07, 6.45) is 0.759. The summed E-state index contributed by atoms with van der Waals surface area (Å²) in [4.78, 5) is 23.9. The molecule has 0 amide bonds. The zero-order valence-electron chi connectivity index (χ0n) is 11.4. The molecule has 0 aliphatic heterocycles. The summed E-state index contributed by atoms with van der Waals surface area (Å²) in [7, 11) is 0. The second-order valence-electron chi connectivity index (χ2n) is 4.87. The molecule has 3 nitrogen and oxygen atoms in total. The lowest BCUT2D eigenvalue weighted by molar-refractivity contribution is 0.0526. The molecule has 1 rings (SSSR count). The number of ether oxygens (including phenoxy) is 1. The van der Waals surface area contributed by atoms with Gasteiger partial charge in [-0.05, 0) is 25.5 Å². The van der Waals surface area contributed by atoms with E-state index in [1.165, 1.54) is 0 Å². The van der Waals surface area contributed by atoms with Crippen molar-refractivity contribution in [2.45, 2.75) is 34.1 Å². The van der Waals surface area contributed by atoms with Crippen LogP contribution in [0.4, 0.5) is 0 Å². The Labute approximate surface area is 108 Å². The van der Waals surface area contributed by atoms with E-state index in [0.29, 0.717) is 17.7 Å². The summed E-state index contributed by atoms with van der Waals surface area (Å²) in [6.45, 7) is 7.89. The third kappa shape index (κ3) is 3.19. The van der Waals surface area contributed by atoms with Gasteiger partial charge in [0.25, 0.3) is 0 Å². The number of ketones is 1. The molecule has 0 aliphatic rings. The predicted octanol–water partition coefficient (Wildman–Crippen LogP) is 3.48. The molecule has 1 aromatic carbocycles. The van der Waals surface area contributed by atoms with Crippen molar-refractivity contribution in [2.75, 3.05) is 6.61 Å². The smallest absolute Gasteiger partial charge is 0.338 e. The summed E-state index contributed by atoms with van der Waals surface area (Å²) in [6, 6.07) is 6.72. The quantitative estimate of drug-likeness (QED) is 0.592. The number of benzene rings is 1. The number of hydrogen-bond acceptors (Lipinski definition) is 3. The Morgan fingerprint density at radius 2 is 1.78 bits per heavy atom. The molecule has 0 saturated carbocycles. The van der Waals surface area contributed by atoms with E-state index in [9.17, 15) is 9.59 Å². The molecule has 0 aliphatic carbocycles. The number of Topliss-reactive ketones (excluding diaryl/α,β-unsaturated/α-hetero) is 1. The molecule has 3 heteroatoms.